The molecule has 0 radical (unpaired) electrons. The van der Waals surface area contributed by atoms with Crippen LogP contribution in [0, 0.1) is 6.92 Å². The van der Waals surface area contributed by atoms with Gasteiger partial charge >= 0.3 is 0 Å². The van der Waals surface area contributed by atoms with Crippen molar-refractivity contribution >= 4 is 23.4 Å². The van der Waals surface area contributed by atoms with E-state index in [4.69, 9.17) is 0 Å². The van der Waals surface area contributed by atoms with Crippen molar-refractivity contribution in [2.45, 2.75) is 11.8 Å². The van der Waals surface area contributed by atoms with Crippen molar-refractivity contribution in [2.75, 3.05) is 11.6 Å². The predicted octanol–water partition coefficient (Wildman–Crippen LogP) is 3.67. The molecule has 0 aliphatic rings. The normalized spacial score (nSPS) is 10.2. The number of aromatic hydroxyl groups is 1. The minimum atomic E-state index is -0.228. The van der Waals surface area contributed by atoms with Gasteiger partial charge in [-0.25, -0.2) is 0 Å². The molecule has 0 saturated carbocycles. The molecular formula is C15H15NO2S. The number of carbonyl (C=O) groups excluding carboxylic acids is 1. The van der Waals surface area contributed by atoms with Crippen molar-refractivity contribution in [1.29, 1.82) is 0 Å². The van der Waals surface area contributed by atoms with Crippen molar-refractivity contribution in [3.63, 3.8) is 0 Å². The summed E-state index contributed by atoms with van der Waals surface area (Å²) in [6.07, 6.45) is 1.99. The van der Waals surface area contributed by atoms with Crippen molar-refractivity contribution < 1.29 is 9.90 Å². The van der Waals surface area contributed by atoms with Crippen LogP contribution in [0.15, 0.2) is 47.4 Å². The van der Waals surface area contributed by atoms with Crippen LogP contribution in [0.2, 0.25) is 0 Å². The second-order valence-corrected chi connectivity index (χ2v) is 5.07. The fourth-order valence-electron chi connectivity index (χ4n) is 1.65. The van der Waals surface area contributed by atoms with Crippen LogP contribution in [0.25, 0.3) is 0 Å². The Bertz CT molecular complexity index is 611. The molecule has 0 saturated heterocycles. The molecule has 0 atom stereocenters. The molecule has 2 aromatic rings. The van der Waals surface area contributed by atoms with E-state index in [1.54, 1.807) is 30.8 Å². The second-order valence-electron chi connectivity index (χ2n) is 4.19. The number of phenolic OH excluding ortho intramolecular Hbond substituents is 1. The Morgan fingerprint density at radius 3 is 2.68 bits per heavy atom. The fourth-order valence-corrected chi connectivity index (χ4v) is 2.11. The molecule has 2 N–H and O–H groups in total. The summed E-state index contributed by atoms with van der Waals surface area (Å²) in [5, 5.41) is 12.4. The highest BCUT2D eigenvalue weighted by atomic mass is 32.2. The molecule has 2 rings (SSSR count). The van der Waals surface area contributed by atoms with E-state index in [9.17, 15) is 9.90 Å². The third kappa shape index (κ3) is 3.29. The lowest BCUT2D eigenvalue weighted by atomic mass is 10.1. The second kappa shape index (κ2) is 5.80. The lowest BCUT2D eigenvalue weighted by Crippen LogP contribution is -2.11. The lowest BCUT2D eigenvalue weighted by molar-refractivity contribution is 0.102. The van der Waals surface area contributed by atoms with E-state index in [2.05, 4.69) is 5.32 Å². The zero-order valence-corrected chi connectivity index (χ0v) is 11.6. The maximum atomic E-state index is 12.0. The van der Waals surface area contributed by atoms with Gasteiger partial charge in [0.05, 0.1) is 0 Å². The summed E-state index contributed by atoms with van der Waals surface area (Å²) < 4.78 is 0. The summed E-state index contributed by atoms with van der Waals surface area (Å²) >= 11 is 1.62. The smallest absolute Gasteiger partial charge is 0.255 e. The maximum absolute atomic E-state index is 12.0. The molecule has 3 nitrogen and oxygen atoms in total. The number of thioether (sulfide) groups is 1. The monoisotopic (exact) mass is 273 g/mol. The minimum absolute atomic E-state index is 0.130. The molecule has 0 aromatic heterocycles. The molecular weight excluding hydrogens is 258 g/mol. The van der Waals surface area contributed by atoms with E-state index >= 15 is 0 Å². The average molecular weight is 273 g/mol. The van der Waals surface area contributed by atoms with E-state index in [-0.39, 0.29) is 11.7 Å². The van der Waals surface area contributed by atoms with Gasteiger partial charge < -0.3 is 10.4 Å². The molecule has 19 heavy (non-hydrogen) atoms. The molecule has 1 amide bonds. The highest BCUT2D eigenvalue weighted by Gasteiger charge is 2.08. The van der Waals surface area contributed by atoms with E-state index < -0.39 is 0 Å². The van der Waals surface area contributed by atoms with Crippen molar-refractivity contribution in [3.05, 3.63) is 53.6 Å². The van der Waals surface area contributed by atoms with Crippen LogP contribution in [0.1, 0.15) is 15.9 Å². The van der Waals surface area contributed by atoms with E-state index in [0.29, 0.717) is 5.56 Å². The van der Waals surface area contributed by atoms with Crippen molar-refractivity contribution in [1.82, 2.24) is 0 Å². The number of anilines is 1. The Kier molecular flexibility index (Phi) is 4.12. The first kappa shape index (κ1) is 13.5. The van der Waals surface area contributed by atoms with Crippen LogP contribution < -0.4 is 5.32 Å². The largest absolute Gasteiger partial charge is 0.508 e. The van der Waals surface area contributed by atoms with Gasteiger partial charge in [0.15, 0.2) is 0 Å². The van der Waals surface area contributed by atoms with E-state index in [1.807, 2.05) is 30.5 Å². The summed E-state index contributed by atoms with van der Waals surface area (Å²) in [7, 11) is 0. The van der Waals surface area contributed by atoms with Crippen molar-refractivity contribution in [3.8, 4) is 5.75 Å². The highest BCUT2D eigenvalue weighted by molar-refractivity contribution is 7.98. The Balaban J connectivity index is 2.18. The molecule has 0 heterocycles. The van der Waals surface area contributed by atoms with Gasteiger partial charge in [-0.05, 0) is 49.1 Å². The number of rotatable bonds is 3. The van der Waals surface area contributed by atoms with Crippen LogP contribution in [-0.4, -0.2) is 17.3 Å². The van der Waals surface area contributed by atoms with Crippen LogP contribution in [-0.2, 0) is 0 Å². The Hall–Kier alpha value is -1.94. The van der Waals surface area contributed by atoms with Gasteiger partial charge in [-0.15, -0.1) is 11.8 Å². The number of aryl methyl sites for hydroxylation is 1. The molecule has 0 bridgehead atoms. The van der Waals surface area contributed by atoms with Crippen molar-refractivity contribution in [2.24, 2.45) is 0 Å². The number of carbonyl (C=O) groups is 1. The Morgan fingerprint density at radius 1 is 1.21 bits per heavy atom. The van der Waals surface area contributed by atoms with Gasteiger partial charge in [0.25, 0.3) is 5.91 Å². The highest BCUT2D eigenvalue weighted by Crippen LogP contribution is 2.21. The fraction of sp³-hybridized carbons (Fsp3) is 0.133. The first-order valence-electron chi connectivity index (χ1n) is 5.85. The van der Waals surface area contributed by atoms with Crippen LogP contribution in [0.5, 0.6) is 5.75 Å². The van der Waals surface area contributed by atoms with Crippen LogP contribution >= 0.6 is 11.8 Å². The summed E-state index contributed by atoms with van der Waals surface area (Å²) in [5.74, 6) is -0.0981. The van der Waals surface area contributed by atoms with Gasteiger partial charge in [0.1, 0.15) is 5.75 Å². The zero-order chi connectivity index (χ0) is 13.8. The number of benzene rings is 2. The standard InChI is InChI=1S/C15H15NO2S/c1-10-6-7-11(8-14(10)17)15(18)16-12-4-3-5-13(9-12)19-2/h3-9,17H,1-2H3,(H,16,18). The molecule has 0 aliphatic carbocycles. The lowest BCUT2D eigenvalue weighted by Gasteiger charge is -2.07. The number of phenols is 1. The third-order valence-corrected chi connectivity index (χ3v) is 3.52. The first-order valence-corrected chi connectivity index (χ1v) is 7.07. The zero-order valence-electron chi connectivity index (χ0n) is 10.8. The van der Waals surface area contributed by atoms with Crippen LogP contribution in [0.4, 0.5) is 5.69 Å². The van der Waals surface area contributed by atoms with Gasteiger partial charge in [0.2, 0.25) is 0 Å². The Labute approximate surface area is 116 Å². The molecule has 0 fully saturated rings. The SMILES string of the molecule is CSc1cccc(NC(=O)c2ccc(C)c(O)c2)c1. The summed E-state index contributed by atoms with van der Waals surface area (Å²) in [5.41, 5.74) is 1.94. The third-order valence-electron chi connectivity index (χ3n) is 2.80. The summed E-state index contributed by atoms with van der Waals surface area (Å²) in [4.78, 5) is 13.1. The van der Waals surface area contributed by atoms with E-state index in [1.165, 1.54) is 6.07 Å². The summed E-state index contributed by atoms with van der Waals surface area (Å²) in [6.45, 7) is 1.79. The number of amides is 1. The quantitative estimate of drug-likeness (QED) is 0.839. The minimum Gasteiger partial charge on any atom is -0.508 e. The molecule has 0 aliphatic heterocycles. The number of hydrogen-bond acceptors (Lipinski definition) is 3. The van der Waals surface area contributed by atoms with Gasteiger partial charge in [0, 0.05) is 16.1 Å². The molecule has 0 unspecified atom stereocenters. The van der Waals surface area contributed by atoms with E-state index in [0.717, 1.165) is 16.1 Å². The number of nitrogens with one attached hydrogen (secondary N) is 1. The molecule has 98 valence electrons. The van der Waals surface area contributed by atoms with Gasteiger partial charge in [-0.2, -0.15) is 0 Å². The summed E-state index contributed by atoms with van der Waals surface area (Å²) in [6, 6.07) is 12.5. The van der Waals surface area contributed by atoms with Gasteiger partial charge in [-0.3, -0.25) is 4.79 Å². The molecule has 0 spiro atoms. The topological polar surface area (TPSA) is 49.3 Å². The average Bonchev–Trinajstić information content (AvgIpc) is 2.42. The maximum Gasteiger partial charge on any atom is 0.255 e. The molecule has 4 heteroatoms. The number of hydrogen-bond donors (Lipinski definition) is 2. The van der Waals surface area contributed by atoms with Gasteiger partial charge in [-0.1, -0.05) is 12.1 Å². The predicted molar refractivity (Wildman–Crippen MR) is 79.0 cm³/mol. The Morgan fingerprint density at radius 2 is 2.00 bits per heavy atom. The van der Waals surface area contributed by atoms with Crippen LogP contribution in [0.3, 0.4) is 0 Å². The molecule has 2 aromatic carbocycles. The first-order chi connectivity index (χ1) is 9.10.